The van der Waals surface area contributed by atoms with Gasteiger partial charge in [0.25, 0.3) is 5.91 Å². The van der Waals surface area contributed by atoms with E-state index in [4.69, 9.17) is 10.6 Å². The Kier molecular flexibility index (Phi) is 9.06. The van der Waals surface area contributed by atoms with Gasteiger partial charge >= 0.3 is 0 Å². The van der Waals surface area contributed by atoms with Crippen LogP contribution in [0.25, 0.3) is 0 Å². The van der Waals surface area contributed by atoms with Crippen LogP contribution in [0.5, 0.6) is 0 Å². The van der Waals surface area contributed by atoms with E-state index in [1.54, 1.807) is 0 Å². The Morgan fingerprint density at radius 3 is 2.44 bits per heavy atom. The number of carbonyl (C=O) groups is 1. The zero-order valence-electron chi connectivity index (χ0n) is 12.0. The third kappa shape index (κ3) is 8.84. The van der Waals surface area contributed by atoms with Gasteiger partial charge in [-0.2, -0.15) is 0 Å². The van der Waals surface area contributed by atoms with E-state index in [0.29, 0.717) is 18.2 Å². The number of rotatable bonds is 9. The van der Waals surface area contributed by atoms with Crippen molar-refractivity contribution in [2.75, 3.05) is 6.61 Å². The van der Waals surface area contributed by atoms with Crippen molar-refractivity contribution in [3.8, 4) is 0 Å². The monoisotopic (exact) mass is 257 g/mol. The highest BCUT2D eigenvalue weighted by Gasteiger charge is 2.08. The van der Waals surface area contributed by atoms with Gasteiger partial charge in [-0.15, -0.1) is 0 Å². The smallest absolute Gasteiger partial charge is 0.260 e. The summed E-state index contributed by atoms with van der Waals surface area (Å²) in [6.07, 6.45) is 3.51. The van der Waals surface area contributed by atoms with Crippen LogP contribution in [-0.4, -0.2) is 24.4 Å². The molecule has 0 aliphatic rings. The number of oxime groups is 1. The van der Waals surface area contributed by atoms with Crippen molar-refractivity contribution in [1.29, 1.82) is 0 Å². The van der Waals surface area contributed by atoms with Crippen LogP contribution in [0.3, 0.4) is 0 Å². The van der Waals surface area contributed by atoms with Gasteiger partial charge in [-0.3, -0.25) is 4.79 Å². The second kappa shape index (κ2) is 9.74. The fourth-order valence-corrected chi connectivity index (χ4v) is 1.42. The molecule has 5 nitrogen and oxygen atoms in total. The molecule has 0 aromatic rings. The molecule has 1 amide bonds. The van der Waals surface area contributed by atoms with E-state index in [0.717, 1.165) is 19.3 Å². The van der Waals surface area contributed by atoms with Gasteiger partial charge in [0.2, 0.25) is 0 Å². The number of amidine groups is 1. The highest BCUT2D eigenvalue weighted by Crippen LogP contribution is 2.03. The van der Waals surface area contributed by atoms with Crippen molar-refractivity contribution in [2.24, 2.45) is 16.8 Å². The molecule has 0 radical (unpaired) electrons. The van der Waals surface area contributed by atoms with Crippen LogP contribution in [0.15, 0.2) is 5.16 Å². The van der Waals surface area contributed by atoms with Crippen LogP contribution < -0.4 is 11.1 Å². The van der Waals surface area contributed by atoms with Gasteiger partial charge in [0.15, 0.2) is 6.61 Å². The lowest BCUT2D eigenvalue weighted by atomic mass is 10.1. The maximum atomic E-state index is 11.5. The molecular weight excluding hydrogens is 230 g/mol. The molecule has 0 aromatic carbocycles. The SMILES string of the molecule is CCC(CC)NC(=O)CO/N=C(\N)CCC(C)C. The van der Waals surface area contributed by atoms with E-state index >= 15 is 0 Å². The first kappa shape index (κ1) is 16.7. The predicted octanol–water partition coefficient (Wildman–Crippen LogP) is 2.02. The summed E-state index contributed by atoms with van der Waals surface area (Å²) in [7, 11) is 0. The lowest BCUT2D eigenvalue weighted by Crippen LogP contribution is -2.36. The van der Waals surface area contributed by atoms with Gasteiger partial charge in [0, 0.05) is 12.5 Å². The summed E-state index contributed by atoms with van der Waals surface area (Å²) >= 11 is 0. The molecule has 0 rings (SSSR count). The number of amides is 1. The summed E-state index contributed by atoms with van der Waals surface area (Å²) in [5, 5.41) is 6.59. The topological polar surface area (TPSA) is 76.7 Å². The molecule has 0 atom stereocenters. The number of nitrogens with two attached hydrogens (primary N) is 1. The zero-order valence-corrected chi connectivity index (χ0v) is 12.0. The van der Waals surface area contributed by atoms with Crippen molar-refractivity contribution in [1.82, 2.24) is 5.32 Å². The third-order valence-corrected chi connectivity index (χ3v) is 2.71. The summed E-state index contributed by atoms with van der Waals surface area (Å²) in [5.41, 5.74) is 5.66. The number of hydrogen-bond donors (Lipinski definition) is 2. The van der Waals surface area contributed by atoms with E-state index in [2.05, 4.69) is 24.3 Å². The minimum Gasteiger partial charge on any atom is -0.384 e. The van der Waals surface area contributed by atoms with E-state index in [1.807, 2.05) is 13.8 Å². The highest BCUT2D eigenvalue weighted by atomic mass is 16.6. The van der Waals surface area contributed by atoms with Gasteiger partial charge in [0.05, 0.1) is 0 Å². The Bertz CT molecular complexity index is 261. The van der Waals surface area contributed by atoms with E-state index in [1.165, 1.54) is 0 Å². The average molecular weight is 257 g/mol. The molecule has 0 aliphatic carbocycles. The van der Waals surface area contributed by atoms with Gasteiger partial charge in [-0.1, -0.05) is 32.9 Å². The summed E-state index contributed by atoms with van der Waals surface area (Å²) in [5.74, 6) is 0.875. The minimum absolute atomic E-state index is 0.0706. The second-order valence-electron chi connectivity index (χ2n) is 4.87. The van der Waals surface area contributed by atoms with Crippen LogP contribution in [0.2, 0.25) is 0 Å². The molecule has 3 N–H and O–H groups in total. The second-order valence-corrected chi connectivity index (χ2v) is 4.87. The highest BCUT2D eigenvalue weighted by molar-refractivity contribution is 5.80. The fourth-order valence-electron chi connectivity index (χ4n) is 1.42. The number of hydrogen-bond acceptors (Lipinski definition) is 3. The summed E-state index contributed by atoms with van der Waals surface area (Å²) in [6.45, 7) is 8.25. The molecule has 106 valence electrons. The van der Waals surface area contributed by atoms with Crippen LogP contribution in [0, 0.1) is 5.92 Å². The molecule has 0 bridgehead atoms. The van der Waals surface area contributed by atoms with Crippen molar-refractivity contribution in [3.63, 3.8) is 0 Å². The minimum atomic E-state index is -0.149. The Morgan fingerprint density at radius 1 is 1.33 bits per heavy atom. The Morgan fingerprint density at radius 2 is 1.94 bits per heavy atom. The number of carbonyl (C=O) groups excluding carboxylic acids is 1. The van der Waals surface area contributed by atoms with Gasteiger partial charge < -0.3 is 15.9 Å². The van der Waals surface area contributed by atoms with Crippen molar-refractivity contribution in [3.05, 3.63) is 0 Å². The molecule has 0 spiro atoms. The normalized spacial score (nSPS) is 12.0. The van der Waals surface area contributed by atoms with Crippen LogP contribution in [-0.2, 0) is 9.63 Å². The molecular formula is C13H27N3O2. The summed E-state index contributed by atoms with van der Waals surface area (Å²) < 4.78 is 0. The first-order valence-corrected chi connectivity index (χ1v) is 6.73. The first-order chi connectivity index (χ1) is 8.49. The van der Waals surface area contributed by atoms with Crippen LogP contribution >= 0.6 is 0 Å². The molecule has 0 saturated carbocycles. The maximum absolute atomic E-state index is 11.5. The molecule has 0 unspecified atom stereocenters. The third-order valence-electron chi connectivity index (χ3n) is 2.71. The Balaban J connectivity index is 3.81. The van der Waals surface area contributed by atoms with Gasteiger partial charge in [-0.25, -0.2) is 0 Å². The van der Waals surface area contributed by atoms with Crippen molar-refractivity contribution < 1.29 is 9.63 Å². The molecule has 0 aliphatic heterocycles. The zero-order chi connectivity index (χ0) is 14.0. The van der Waals surface area contributed by atoms with Crippen molar-refractivity contribution in [2.45, 2.75) is 59.4 Å². The predicted molar refractivity (Wildman–Crippen MR) is 74.2 cm³/mol. The van der Waals surface area contributed by atoms with Gasteiger partial charge in [-0.05, 0) is 25.2 Å². The largest absolute Gasteiger partial charge is 0.384 e. The first-order valence-electron chi connectivity index (χ1n) is 6.73. The number of nitrogens with one attached hydrogen (secondary N) is 1. The Hall–Kier alpha value is -1.26. The Labute approximate surface area is 110 Å². The van der Waals surface area contributed by atoms with Crippen molar-refractivity contribution >= 4 is 11.7 Å². The lowest BCUT2D eigenvalue weighted by Gasteiger charge is -2.13. The van der Waals surface area contributed by atoms with Crippen LogP contribution in [0.1, 0.15) is 53.4 Å². The molecule has 18 heavy (non-hydrogen) atoms. The quantitative estimate of drug-likeness (QED) is 0.377. The average Bonchev–Trinajstić information content (AvgIpc) is 2.33. The maximum Gasteiger partial charge on any atom is 0.260 e. The summed E-state index contributed by atoms with van der Waals surface area (Å²) in [6, 6.07) is 0.211. The molecule has 5 heteroatoms. The molecule has 0 aromatic heterocycles. The van der Waals surface area contributed by atoms with E-state index in [-0.39, 0.29) is 18.6 Å². The standard InChI is InChI=1S/C13H27N3O2/c1-5-11(6-2)15-13(17)9-18-16-12(14)8-7-10(3)4/h10-11H,5-9H2,1-4H3,(H2,14,16)(H,15,17). The summed E-state index contributed by atoms with van der Waals surface area (Å²) in [4.78, 5) is 16.4. The van der Waals surface area contributed by atoms with E-state index < -0.39 is 0 Å². The molecule has 0 saturated heterocycles. The molecule has 0 heterocycles. The van der Waals surface area contributed by atoms with Gasteiger partial charge in [0.1, 0.15) is 5.84 Å². The molecule has 0 fully saturated rings. The van der Waals surface area contributed by atoms with E-state index in [9.17, 15) is 4.79 Å². The number of nitrogens with zero attached hydrogens (tertiary/aromatic N) is 1. The fraction of sp³-hybridized carbons (Fsp3) is 0.846. The lowest BCUT2D eigenvalue weighted by molar-refractivity contribution is -0.126. The van der Waals surface area contributed by atoms with Crippen LogP contribution in [0.4, 0.5) is 0 Å².